The number of guanidine groups is 1. The molecule has 0 spiro atoms. The normalized spacial score (nSPS) is 15.0. The van der Waals surface area contributed by atoms with Gasteiger partial charge in [-0.1, -0.05) is 0 Å². The van der Waals surface area contributed by atoms with E-state index >= 15 is 0 Å². The highest BCUT2D eigenvalue weighted by Crippen LogP contribution is 2.16. The van der Waals surface area contributed by atoms with Crippen LogP contribution >= 0.6 is 24.0 Å². The van der Waals surface area contributed by atoms with Gasteiger partial charge in [0.2, 0.25) is 0 Å². The van der Waals surface area contributed by atoms with Crippen LogP contribution in [-0.2, 0) is 0 Å². The van der Waals surface area contributed by atoms with Crippen LogP contribution in [-0.4, -0.2) is 43.6 Å². The van der Waals surface area contributed by atoms with E-state index in [1.807, 2.05) is 12.1 Å². The predicted molar refractivity (Wildman–Crippen MR) is 105 cm³/mol. The van der Waals surface area contributed by atoms with E-state index in [4.69, 9.17) is 12.2 Å². The van der Waals surface area contributed by atoms with E-state index in [2.05, 4.69) is 20.7 Å². The van der Waals surface area contributed by atoms with Crippen molar-refractivity contribution < 1.29 is 4.39 Å². The molecule has 23 heavy (non-hydrogen) atoms. The van der Waals surface area contributed by atoms with Gasteiger partial charge in [0.25, 0.3) is 0 Å². The molecule has 0 aromatic heterocycles. The van der Waals surface area contributed by atoms with E-state index in [1.165, 1.54) is 12.1 Å². The number of piperazine rings is 1. The lowest BCUT2D eigenvalue weighted by Crippen LogP contribution is -2.51. The van der Waals surface area contributed by atoms with Crippen LogP contribution in [0.5, 0.6) is 0 Å². The molecule has 6 heteroatoms. The van der Waals surface area contributed by atoms with Crippen molar-refractivity contribution in [2.45, 2.75) is 19.3 Å². The van der Waals surface area contributed by atoms with Crippen molar-refractivity contribution in [3.63, 3.8) is 0 Å². The molecule has 2 rings (SSSR count). The first kappa shape index (κ1) is 19.6. The molecule has 0 aliphatic carbocycles. The van der Waals surface area contributed by atoms with Gasteiger partial charge < -0.3 is 15.5 Å². The monoisotopic (exact) mass is 430 g/mol. The highest BCUT2D eigenvalue weighted by atomic mass is 127. The summed E-state index contributed by atoms with van der Waals surface area (Å²) in [6, 6.07) is 6.61. The molecule has 1 aromatic rings. The van der Waals surface area contributed by atoms with Gasteiger partial charge in [-0.3, -0.25) is 4.99 Å². The van der Waals surface area contributed by atoms with E-state index in [-0.39, 0.29) is 29.8 Å². The SMILES string of the molecule is C#CCCCCN=C(N)N1CCN(c2ccc(F)cc2)CC1.I. The molecule has 1 fully saturated rings. The minimum absolute atomic E-state index is 0. The average Bonchev–Trinajstić information content (AvgIpc) is 2.55. The van der Waals surface area contributed by atoms with Crippen LogP contribution in [0.25, 0.3) is 0 Å². The van der Waals surface area contributed by atoms with Crippen LogP contribution in [0.1, 0.15) is 19.3 Å². The number of halogens is 2. The number of aliphatic imine (C=N–C) groups is 1. The van der Waals surface area contributed by atoms with E-state index in [9.17, 15) is 4.39 Å². The molecule has 0 amide bonds. The number of rotatable bonds is 5. The lowest BCUT2D eigenvalue weighted by atomic mass is 10.2. The van der Waals surface area contributed by atoms with Crippen LogP contribution in [0.4, 0.5) is 10.1 Å². The highest BCUT2D eigenvalue weighted by Gasteiger charge is 2.18. The fourth-order valence-corrected chi connectivity index (χ4v) is 2.48. The number of terminal acetylenes is 1. The standard InChI is InChI=1S/C17H23FN4.HI/c1-2-3-4-5-10-20-17(19)22-13-11-21(12-14-22)16-8-6-15(18)7-9-16;/h1,6-9H,3-5,10-14H2,(H2,19,20);1H. The number of unbranched alkanes of at least 4 members (excludes halogenated alkanes) is 2. The second-order valence-electron chi connectivity index (χ2n) is 5.35. The second kappa shape index (κ2) is 10.3. The molecule has 0 radical (unpaired) electrons. The summed E-state index contributed by atoms with van der Waals surface area (Å²) in [4.78, 5) is 8.74. The molecule has 1 heterocycles. The maximum absolute atomic E-state index is 12.9. The first-order valence-electron chi connectivity index (χ1n) is 7.69. The number of hydrogen-bond donors (Lipinski definition) is 1. The first-order chi connectivity index (χ1) is 10.7. The van der Waals surface area contributed by atoms with E-state index in [0.717, 1.165) is 57.7 Å². The molecule has 4 nitrogen and oxygen atoms in total. The second-order valence-corrected chi connectivity index (χ2v) is 5.35. The van der Waals surface area contributed by atoms with Gasteiger partial charge in [0.05, 0.1) is 0 Å². The van der Waals surface area contributed by atoms with Gasteiger partial charge in [0, 0.05) is 44.8 Å². The Morgan fingerprint density at radius 2 is 1.83 bits per heavy atom. The zero-order valence-corrected chi connectivity index (χ0v) is 15.6. The highest BCUT2D eigenvalue weighted by molar-refractivity contribution is 14.0. The fourth-order valence-electron chi connectivity index (χ4n) is 2.48. The zero-order valence-electron chi connectivity index (χ0n) is 13.2. The topological polar surface area (TPSA) is 44.9 Å². The van der Waals surface area contributed by atoms with Crippen molar-refractivity contribution in [3.05, 3.63) is 30.1 Å². The Morgan fingerprint density at radius 3 is 2.43 bits per heavy atom. The first-order valence-corrected chi connectivity index (χ1v) is 7.69. The third kappa shape index (κ3) is 6.26. The largest absolute Gasteiger partial charge is 0.370 e. The Kier molecular flexibility index (Phi) is 8.77. The number of nitrogens with two attached hydrogens (primary N) is 1. The van der Waals surface area contributed by atoms with Crippen molar-refractivity contribution in [3.8, 4) is 12.3 Å². The van der Waals surface area contributed by atoms with E-state index < -0.39 is 0 Å². The number of benzene rings is 1. The molecule has 1 aromatic carbocycles. The van der Waals surface area contributed by atoms with Crippen molar-refractivity contribution in [1.82, 2.24) is 4.90 Å². The van der Waals surface area contributed by atoms with E-state index in [1.54, 1.807) is 0 Å². The lowest BCUT2D eigenvalue weighted by Gasteiger charge is -2.36. The quantitative estimate of drug-likeness (QED) is 0.257. The molecule has 1 aliphatic rings. The Bertz CT molecular complexity index is 531. The summed E-state index contributed by atoms with van der Waals surface area (Å²) in [6.07, 6.45) is 7.97. The smallest absolute Gasteiger partial charge is 0.191 e. The zero-order chi connectivity index (χ0) is 15.8. The van der Waals surface area contributed by atoms with Crippen LogP contribution in [0.3, 0.4) is 0 Å². The summed E-state index contributed by atoms with van der Waals surface area (Å²) in [5.74, 6) is 3.03. The summed E-state index contributed by atoms with van der Waals surface area (Å²) in [5.41, 5.74) is 7.08. The average molecular weight is 430 g/mol. The van der Waals surface area contributed by atoms with Crippen molar-refractivity contribution in [2.75, 3.05) is 37.6 Å². The molecule has 1 aliphatic heterocycles. The summed E-state index contributed by atoms with van der Waals surface area (Å²) in [5, 5.41) is 0. The molecule has 0 saturated carbocycles. The van der Waals surface area contributed by atoms with Crippen LogP contribution in [0.15, 0.2) is 29.3 Å². The minimum Gasteiger partial charge on any atom is -0.370 e. The fraction of sp³-hybridized carbons (Fsp3) is 0.471. The Balaban J connectivity index is 0.00000264. The molecule has 0 bridgehead atoms. The maximum atomic E-state index is 12.9. The van der Waals surface area contributed by atoms with Gasteiger partial charge in [-0.25, -0.2) is 4.39 Å². The Morgan fingerprint density at radius 1 is 1.17 bits per heavy atom. The van der Waals surface area contributed by atoms with Crippen LogP contribution in [0.2, 0.25) is 0 Å². The Labute approximate surface area is 155 Å². The predicted octanol–water partition coefficient (Wildman–Crippen LogP) is 2.68. The summed E-state index contributed by atoms with van der Waals surface area (Å²) < 4.78 is 12.9. The maximum Gasteiger partial charge on any atom is 0.191 e. The Hall–Kier alpha value is -1.49. The van der Waals surface area contributed by atoms with Gasteiger partial charge in [-0.2, -0.15) is 0 Å². The van der Waals surface area contributed by atoms with Gasteiger partial charge in [0.15, 0.2) is 5.96 Å². The lowest BCUT2D eigenvalue weighted by molar-refractivity contribution is 0.380. The number of hydrogen-bond acceptors (Lipinski definition) is 2. The van der Waals surface area contributed by atoms with E-state index in [0.29, 0.717) is 5.96 Å². The minimum atomic E-state index is -0.205. The number of anilines is 1. The van der Waals surface area contributed by atoms with Gasteiger partial charge in [0.1, 0.15) is 5.82 Å². The summed E-state index contributed by atoms with van der Waals surface area (Å²) >= 11 is 0. The van der Waals surface area contributed by atoms with Gasteiger partial charge in [-0.05, 0) is 37.1 Å². The van der Waals surface area contributed by atoms with Gasteiger partial charge in [-0.15, -0.1) is 36.3 Å². The van der Waals surface area contributed by atoms with Crippen LogP contribution in [0, 0.1) is 18.2 Å². The molecule has 2 N–H and O–H groups in total. The summed E-state index contributed by atoms with van der Waals surface area (Å²) in [7, 11) is 0. The van der Waals surface area contributed by atoms with Crippen LogP contribution < -0.4 is 10.6 Å². The van der Waals surface area contributed by atoms with Crippen molar-refractivity contribution >= 4 is 35.6 Å². The number of nitrogens with zero attached hydrogens (tertiary/aromatic N) is 3. The van der Waals surface area contributed by atoms with Crippen molar-refractivity contribution in [1.29, 1.82) is 0 Å². The molecule has 126 valence electrons. The third-order valence-corrected chi connectivity index (χ3v) is 3.80. The summed E-state index contributed by atoms with van der Waals surface area (Å²) in [6.45, 7) is 4.11. The van der Waals surface area contributed by atoms with Gasteiger partial charge >= 0.3 is 0 Å². The molecule has 0 unspecified atom stereocenters. The molecular weight excluding hydrogens is 406 g/mol. The molecular formula is C17H24FIN4. The molecule has 1 saturated heterocycles. The van der Waals surface area contributed by atoms with Crippen molar-refractivity contribution in [2.24, 2.45) is 10.7 Å². The molecule has 0 atom stereocenters. The third-order valence-electron chi connectivity index (χ3n) is 3.80.